The van der Waals surface area contributed by atoms with Crippen molar-refractivity contribution in [1.82, 2.24) is 0 Å². The Bertz CT molecular complexity index is 77.0. The Labute approximate surface area is 90.2 Å². The van der Waals surface area contributed by atoms with Crippen LogP contribution in [0.5, 0.6) is 0 Å². The molecular formula is C7H13OPr-. The van der Waals surface area contributed by atoms with Gasteiger partial charge in [-0.3, -0.25) is 0 Å². The van der Waals surface area contributed by atoms with Gasteiger partial charge >= 0.3 is 0 Å². The van der Waals surface area contributed by atoms with Crippen LogP contribution in [-0.4, -0.2) is 5.11 Å². The second-order valence-corrected chi connectivity index (χ2v) is 2.99. The van der Waals surface area contributed by atoms with Crippen LogP contribution in [-0.2, 0) is 0 Å². The second kappa shape index (κ2) is 4.25. The van der Waals surface area contributed by atoms with Crippen molar-refractivity contribution in [3.63, 3.8) is 0 Å². The zero-order valence-electron chi connectivity index (χ0n) is 5.93. The Balaban J connectivity index is 0.000000640. The van der Waals surface area contributed by atoms with Crippen LogP contribution in [0.2, 0.25) is 0 Å². The maximum atomic E-state index is 8.70. The van der Waals surface area contributed by atoms with Gasteiger partial charge in [-0.2, -0.15) is 0 Å². The molecule has 0 aromatic carbocycles. The van der Waals surface area contributed by atoms with E-state index in [4.69, 9.17) is 5.11 Å². The van der Waals surface area contributed by atoms with Crippen LogP contribution in [0, 0.1) is 53.3 Å². The summed E-state index contributed by atoms with van der Waals surface area (Å²) in [6, 6.07) is 0. The smallest absolute Gasteiger partial charge is 0 e. The molecule has 0 spiro atoms. The Morgan fingerprint density at radius 1 is 1.33 bits per heavy atom. The number of aliphatic hydroxyl groups excluding tert-OH is 1. The first-order valence-corrected chi connectivity index (χ1v) is 3.25. The van der Waals surface area contributed by atoms with Crippen LogP contribution >= 0.6 is 0 Å². The van der Waals surface area contributed by atoms with Gasteiger partial charge in [0.15, 0.2) is 0 Å². The van der Waals surface area contributed by atoms with Gasteiger partial charge in [-0.15, -0.1) is 5.41 Å². The van der Waals surface area contributed by atoms with Crippen molar-refractivity contribution in [3.8, 4) is 0 Å². The Hall–Kier alpha value is 1.32. The van der Waals surface area contributed by atoms with Crippen molar-refractivity contribution in [2.45, 2.75) is 32.6 Å². The van der Waals surface area contributed by atoms with E-state index in [-0.39, 0.29) is 46.7 Å². The average molecular weight is 254 g/mol. The molecular weight excluding hydrogens is 241 g/mol. The van der Waals surface area contributed by atoms with Crippen molar-refractivity contribution in [2.24, 2.45) is 5.41 Å². The molecule has 1 fully saturated rings. The predicted octanol–water partition coefficient (Wildman–Crippen LogP) is 2.10. The number of rotatable bonds is 1. The van der Waals surface area contributed by atoms with E-state index in [9.17, 15) is 0 Å². The van der Waals surface area contributed by atoms with Crippen molar-refractivity contribution in [3.05, 3.63) is 6.61 Å². The fourth-order valence-electron chi connectivity index (χ4n) is 1.31. The summed E-state index contributed by atoms with van der Waals surface area (Å²) < 4.78 is 0. The van der Waals surface area contributed by atoms with Crippen LogP contribution in [0.4, 0.5) is 0 Å². The fourth-order valence-corrected chi connectivity index (χ4v) is 1.31. The van der Waals surface area contributed by atoms with Crippen LogP contribution < -0.4 is 0 Å². The monoisotopic (exact) mass is 254 g/mol. The molecule has 0 saturated heterocycles. The molecule has 2 heteroatoms. The topological polar surface area (TPSA) is 20.2 Å². The molecule has 0 bridgehead atoms. The average Bonchev–Trinajstić information content (AvgIpc) is 2.17. The van der Waals surface area contributed by atoms with E-state index in [0.717, 1.165) is 0 Å². The molecule has 1 rings (SSSR count). The van der Waals surface area contributed by atoms with E-state index in [2.05, 4.69) is 6.92 Å². The zero-order valence-corrected chi connectivity index (χ0v) is 9.63. The fraction of sp³-hybridized carbons (Fsp3) is 0.857. The minimum absolute atomic E-state index is 0. The molecule has 0 aromatic heterocycles. The summed E-state index contributed by atoms with van der Waals surface area (Å²) >= 11 is 0. The van der Waals surface area contributed by atoms with Crippen molar-refractivity contribution in [1.29, 1.82) is 0 Å². The summed E-state index contributed by atoms with van der Waals surface area (Å²) in [6.45, 7) is 3.47. The van der Waals surface area contributed by atoms with E-state index in [1.165, 1.54) is 32.3 Å². The van der Waals surface area contributed by atoms with Crippen LogP contribution in [0.3, 0.4) is 0 Å². The first kappa shape index (κ1) is 10.3. The molecule has 51 valence electrons. The molecule has 0 aliphatic heterocycles. The first-order chi connectivity index (χ1) is 3.77. The van der Waals surface area contributed by atoms with Gasteiger partial charge < -0.3 is 5.11 Å². The quantitative estimate of drug-likeness (QED) is 0.710. The molecule has 1 nitrogen and oxygen atoms in total. The van der Waals surface area contributed by atoms with Crippen molar-refractivity contribution >= 4 is 0 Å². The molecule has 1 saturated carbocycles. The SMILES string of the molecule is CC1([CH-]O)CCCC1.[Pr]. The van der Waals surface area contributed by atoms with E-state index in [1.54, 1.807) is 0 Å². The summed E-state index contributed by atoms with van der Waals surface area (Å²) in [7, 11) is 0. The Morgan fingerprint density at radius 2 is 1.78 bits per heavy atom. The molecule has 1 aliphatic carbocycles. The summed E-state index contributed by atoms with van der Waals surface area (Å²) in [5.41, 5.74) is 0.167. The van der Waals surface area contributed by atoms with Gasteiger partial charge in [-0.1, -0.05) is 32.6 Å². The van der Waals surface area contributed by atoms with Gasteiger partial charge in [-0.05, 0) is 0 Å². The van der Waals surface area contributed by atoms with E-state index in [0.29, 0.717) is 0 Å². The Morgan fingerprint density at radius 3 is 2.00 bits per heavy atom. The third-order valence-corrected chi connectivity index (χ3v) is 2.06. The minimum atomic E-state index is 0. The van der Waals surface area contributed by atoms with Crippen molar-refractivity contribution < 1.29 is 46.4 Å². The normalized spacial score (nSPS) is 23.3. The summed E-state index contributed by atoms with van der Waals surface area (Å²) in [4.78, 5) is 0. The molecule has 9 heavy (non-hydrogen) atoms. The summed E-state index contributed by atoms with van der Waals surface area (Å²) in [6.07, 6.45) is 4.91. The van der Waals surface area contributed by atoms with E-state index >= 15 is 0 Å². The summed E-state index contributed by atoms with van der Waals surface area (Å²) in [5.74, 6) is 0. The third-order valence-electron chi connectivity index (χ3n) is 2.06. The standard InChI is InChI=1S/C7H13O.Pr/c1-7(6-8)4-2-3-5-7;/h6,8H,2-5H2,1H3;/q-1;. The molecule has 0 amide bonds. The zero-order chi connectivity index (χ0) is 6.04. The summed E-state index contributed by atoms with van der Waals surface area (Å²) in [5, 5.41) is 8.70. The second-order valence-electron chi connectivity index (χ2n) is 2.99. The van der Waals surface area contributed by atoms with Crippen LogP contribution in [0.15, 0.2) is 0 Å². The molecule has 1 N–H and O–H groups in total. The molecule has 0 aromatic rings. The molecule has 1 radical (unpaired) electrons. The number of hydrogen-bond acceptors (Lipinski definition) is 1. The van der Waals surface area contributed by atoms with Crippen LogP contribution in [0.1, 0.15) is 32.6 Å². The van der Waals surface area contributed by atoms with E-state index in [1.807, 2.05) is 0 Å². The number of hydrogen-bond donors (Lipinski definition) is 1. The third kappa shape index (κ3) is 2.82. The molecule has 0 atom stereocenters. The Kier molecular flexibility index (Phi) is 4.88. The molecule has 0 heterocycles. The van der Waals surface area contributed by atoms with Gasteiger partial charge in [-0.25, -0.2) is 6.61 Å². The maximum Gasteiger partial charge on any atom is 0 e. The predicted molar refractivity (Wildman–Crippen MR) is 32.8 cm³/mol. The minimum Gasteiger partial charge on any atom is -0.565 e. The maximum absolute atomic E-state index is 8.70. The van der Waals surface area contributed by atoms with E-state index < -0.39 is 0 Å². The van der Waals surface area contributed by atoms with Gasteiger partial charge in [0, 0.05) is 41.3 Å². The molecule has 0 unspecified atom stereocenters. The van der Waals surface area contributed by atoms with Crippen LogP contribution in [0.25, 0.3) is 0 Å². The largest absolute Gasteiger partial charge is 0.565 e. The molecule has 1 aliphatic rings. The van der Waals surface area contributed by atoms with Gasteiger partial charge in [0.1, 0.15) is 0 Å². The number of aliphatic hydroxyl groups is 1. The first-order valence-electron chi connectivity index (χ1n) is 3.25. The van der Waals surface area contributed by atoms with Gasteiger partial charge in [0.2, 0.25) is 0 Å². The van der Waals surface area contributed by atoms with Gasteiger partial charge in [0.05, 0.1) is 0 Å². The van der Waals surface area contributed by atoms with Gasteiger partial charge in [0.25, 0.3) is 0 Å². The van der Waals surface area contributed by atoms with Crippen molar-refractivity contribution in [2.75, 3.05) is 0 Å².